The number of nitrogen functional groups attached to an aromatic ring is 1. The molecule has 0 aliphatic carbocycles. The Morgan fingerprint density at radius 3 is 2.56 bits per heavy atom. The molecule has 1 aliphatic rings. The zero-order valence-electron chi connectivity index (χ0n) is 19.6. The Balaban J connectivity index is 1.59. The van der Waals surface area contributed by atoms with E-state index in [2.05, 4.69) is 31.4 Å². The molecule has 4 aromatic rings. The van der Waals surface area contributed by atoms with Gasteiger partial charge in [-0.15, -0.1) is 0 Å². The highest BCUT2D eigenvalue weighted by molar-refractivity contribution is 6.00. The van der Waals surface area contributed by atoms with Gasteiger partial charge >= 0.3 is 6.18 Å². The van der Waals surface area contributed by atoms with Gasteiger partial charge in [0.1, 0.15) is 22.7 Å². The number of fused-ring (bicyclic) bond motifs is 3. The molecular formula is C25H22F3N7O. The second kappa shape index (κ2) is 8.78. The number of pyridine rings is 3. The average Bonchev–Trinajstić information content (AvgIpc) is 3.20. The van der Waals surface area contributed by atoms with Crippen LogP contribution < -0.4 is 5.73 Å². The Hall–Kier alpha value is -4.20. The SMILES string of the molecule is CC#CC(=O)N1CCC(n2c(C)nc3cnc4ccc(-c5cnc(N)c(C(F)(F)F)c5)nc4c32)CC1. The smallest absolute Gasteiger partial charge is 0.383 e. The van der Waals surface area contributed by atoms with E-state index in [9.17, 15) is 18.0 Å². The summed E-state index contributed by atoms with van der Waals surface area (Å²) in [5.41, 5.74) is 7.51. The minimum atomic E-state index is -4.63. The largest absolute Gasteiger partial charge is 0.419 e. The number of nitrogens with zero attached hydrogens (tertiary/aromatic N) is 6. The third kappa shape index (κ3) is 4.08. The molecule has 5 rings (SSSR count). The van der Waals surface area contributed by atoms with Gasteiger partial charge in [0.25, 0.3) is 5.91 Å². The highest BCUT2D eigenvalue weighted by atomic mass is 19.4. The predicted molar refractivity (Wildman–Crippen MR) is 129 cm³/mol. The summed E-state index contributed by atoms with van der Waals surface area (Å²) in [5.74, 6) is 5.24. The summed E-state index contributed by atoms with van der Waals surface area (Å²) >= 11 is 0. The molecule has 0 spiro atoms. The summed E-state index contributed by atoms with van der Waals surface area (Å²) in [4.78, 5) is 31.5. The van der Waals surface area contributed by atoms with Gasteiger partial charge in [0.05, 0.1) is 28.5 Å². The zero-order chi connectivity index (χ0) is 25.6. The fourth-order valence-electron chi connectivity index (χ4n) is 4.72. The lowest BCUT2D eigenvalue weighted by Gasteiger charge is -2.32. The first-order chi connectivity index (χ1) is 17.2. The van der Waals surface area contributed by atoms with Crippen LogP contribution in [0.5, 0.6) is 0 Å². The van der Waals surface area contributed by atoms with E-state index in [1.807, 2.05) is 6.92 Å². The van der Waals surface area contributed by atoms with Gasteiger partial charge in [0.15, 0.2) is 0 Å². The topological polar surface area (TPSA) is 103 Å². The predicted octanol–water partition coefficient (Wildman–Crippen LogP) is 4.14. The molecule has 184 valence electrons. The first-order valence-electron chi connectivity index (χ1n) is 11.4. The highest BCUT2D eigenvalue weighted by Gasteiger charge is 2.34. The lowest BCUT2D eigenvalue weighted by molar-refractivity contribution is -0.137. The van der Waals surface area contributed by atoms with Gasteiger partial charge in [-0.05, 0) is 50.8 Å². The van der Waals surface area contributed by atoms with Crippen molar-refractivity contribution in [2.75, 3.05) is 18.8 Å². The van der Waals surface area contributed by atoms with E-state index < -0.39 is 17.6 Å². The van der Waals surface area contributed by atoms with Crippen LogP contribution >= 0.6 is 0 Å². The van der Waals surface area contributed by atoms with E-state index in [4.69, 9.17) is 10.7 Å². The van der Waals surface area contributed by atoms with Crippen molar-refractivity contribution in [1.82, 2.24) is 29.4 Å². The number of aromatic nitrogens is 5. The molecule has 0 atom stereocenters. The van der Waals surface area contributed by atoms with Crippen molar-refractivity contribution in [1.29, 1.82) is 0 Å². The van der Waals surface area contributed by atoms with E-state index in [0.717, 1.165) is 17.4 Å². The fourth-order valence-corrected chi connectivity index (χ4v) is 4.72. The van der Waals surface area contributed by atoms with E-state index in [0.29, 0.717) is 48.2 Å². The van der Waals surface area contributed by atoms with Crippen molar-refractivity contribution in [3.8, 4) is 23.1 Å². The fraction of sp³-hybridized carbons (Fsp3) is 0.320. The Morgan fingerprint density at radius 1 is 1.11 bits per heavy atom. The van der Waals surface area contributed by atoms with Crippen molar-refractivity contribution in [2.24, 2.45) is 0 Å². The quantitative estimate of drug-likeness (QED) is 0.421. The van der Waals surface area contributed by atoms with E-state index in [-0.39, 0.29) is 17.5 Å². The third-order valence-electron chi connectivity index (χ3n) is 6.41. The zero-order valence-corrected chi connectivity index (χ0v) is 19.6. The molecule has 5 heterocycles. The van der Waals surface area contributed by atoms with Crippen LogP contribution in [0.4, 0.5) is 19.0 Å². The van der Waals surface area contributed by atoms with Gasteiger partial charge in [0, 0.05) is 30.9 Å². The van der Waals surface area contributed by atoms with Gasteiger partial charge in [0.2, 0.25) is 0 Å². The second-order valence-electron chi connectivity index (χ2n) is 8.64. The van der Waals surface area contributed by atoms with Crippen LogP contribution in [0.2, 0.25) is 0 Å². The number of carbonyl (C=O) groups excluding carboxylic acids is 1. The number of rotatable bonds is 2. The van der Waals surface area contributed by atoms with Crippen LogP contribution in [0, 0.1) is 18.8 Å². The van der Waals surface area contributed by atoms with Crippen LogP contribution in [0.3, 0.4) is 0 Å². The number of hydrogen-bond acceptors (Lipinski definition) is 6. The standard InChI is InChI=1S/C25H22F3N7O/c1-3-4-21(36)34-9-7-16(8-10-34)35-14(2)32-20-13-30-19-6-5-18(33-22(19)23(20)35)15-11-17(25(26,27)28)24(29)31-12-15/h5-6,11-13,16H,7-10H2,1-2H3,(H2,29,31). The summed E-state index contributed by atoms with van der Waals surface area (Å²) < 4.78 is 42.3. The van der Waals surface area contributed by atoms with Gasteiger partial charge in [-0.3, -0.25) is 9.78 Å². The highest BCUT2D eigenvalue weighted by Crippen LogP contribution is 2.36. The minimum Gasteiger partial charge on any atom is -0.383 e. The molecule has 1 aliphatic heterocycles. The molecule has 0 aromatic carbocycles. The monoisotopic (exact) mass is 493 g/mol. The number of likely N-dealkylation sites (tertiary alicyclic amines) is 1. The Kier molecular flexibility index (Phi) is 5.74. The molecule has 36 heavy (non-hydrogen) atoms. The average molecular weight is 493 g/mol. The first kappa shape index (κ1) is 23.5. The number of carbonyl (C=O) groups is 1. The van der Waals surface area contributed by atoms with Gasteiger partial charge < -0.3 is 15.2 Å². The van der Waals surface area contributed by atoms with Crippen LogP contribution in [0.1, 0.15) is 37.2 Å². The first-order valence-corrected chi connectivity index (χ1v) is 11.4. The number of piperidine rings is 1. The number of anilines is 1. The number of halogens is 3. The third-order valence-corrected chi connectivity index (χ3v) is 6.41. The molecule has 8 nitrogen and oxygen atoms in total. The molecule has 0 saturated carbocycles. The molecule has 1 saturated heterocycles. The van der Waals surface area contributed by atoms with Gasteiger partial charge in [-0.1, -0.05) is 5.92 Å². The minimum absolute atomic E-state index is 0.0692. The Bertz CT molecular complexity index is 1560. The maximum Gasteiger partial charge on any atom is 0.419 e. The summed E-state index contributed by atoms with van der Waals surface area (Å²) in [6.07, 6.45) is -0.258. The van der Waals surface area contributed by atoms with Gasteiger partial charge in [-0.2, -0.15) is 13.2 Å². The molecule has 11 heteroatoms. The summed E-state index contributed by atoms with van der Waals surface area (Å²) in [6, 6.07) is 4.36. The van der Waals surface area contributed by atoms with Crippen LogP contribution in [-0.2, 0) is 11.0 Å². The Labute approximate surface area is 204 Å². The second-order valence-corrected chi connectivity index (χ2v) is 8.64. The van der Waals surface area contributed by atoms with Crippen molar-refractivity contribution in [3.63, 3.8) is 0 Å². The Morgan fingerprint density at radius 2 is 1.86 bits per heavy atom. The van der Waals surface area contributed by atoms with Crippen molar-refractivity contribution in [2.45, 2.75) is 38.9 Å². The number of imidazole rings is 1. The number of aryl methyl sites for hydroxylation is 1. The van der Waals surface area contributed by atoms with Crippen LogP contribution in [0.25, 0.3) is 33.3 Å². The van der Waals surface area contributed by atoms with Crippen molar-refractivity contribution < 1.29 is 18.0 Å². The van der Waals surface area contributed by atoms with E-state index in [1.165, 1.54) is 6.20 Å². The maximum atomic E-state index is 13.4. The summed E-state index contributed by atoms with van der Waals surface area (Å²) in [7, 11) is 0. The van der Waals surface area contributed by atoms with Crippen molar-refractivity contribution >= 4 is 33.8 Å². The molecule has 0 unspecified atom stereocenters. The number of nitrogens with two attached hydrogens (primary N) is 1. The number of amides is 1. The van der Waals surface area contributed by atoms with E-state index >= 15 is 0 Å². The summed E-state index contributed by atoms with van der Waals surface area (Å²) in [6.45, 7) is 4.66. The van der Waals surface area contributed by atoms with Crippen LogP contribution in [-0.4, -0.2) is 48.4 Å². The molecule has 4 aromatic heterocycles. The molecule has 0 bridgehead atoms. The molecule has 1 amide bonds. The maximum absolute atomic E-state index is 13.4. The van der Waals surface area contributed by atoms with Gasteiger partial charge in [-0.25, -0.2) is 15.0 Å². The summed E-state index contributed by atoms with van der Waals surface area (Å²) in [5, 5.41) is 0. The molecule has 1 fully saturated rings. The normalized spacial score (nSPS) is 14.8. The lowest BCUT2D eigenvalue weighted by Crippen LogP contribution is -2.38. The molecule has 0 radical (unpaired) electrons. The van der Waals surface area contributed by atoms with Crippen LogP contribution in [0.15, 0.2) is 30.6 Å². The molecular weight excluding hydrogens is 471 g/mol. The lowest BCUT2D eigenvalue weighted by atomic mass is 10.0. The van der Waals surface area contributed by atoms with Crippen molar-refractivity contribution in [3.05, 3.63) is 42.0 Å². The number of alkyl halides is 3. The van der Waals surface area contributed by atoms with E-state index in [1.54, 1.807) is 30.2 Å². The molecule has 2 N–H and O–H groups in total. The number of hydrogen-bond donors (Lipinski definition) is 1.